The number of rotatable bonds is 5. The van der Waals surface area contributed by atoms with Gasteiger partial charge in [-0.3, -0.25) is 0 Å². The molecular weight excluding hydrogens is 756 g/mol. The van der Waals surface area contributed by atoms with E-state index in [1.54, 1.807) is 20.3 Å². The van der Waals surface area contributed by atoms with Crippen LogP contribution >= 0.6 is 0 Å². The van der Waals surface area contributed by atoms with Crippen LogP contribution < -0.4 is 14.2 Å². The SMILES string of the molecule is COc1cc2c3c(c4c(c2cc1OC)-c1ccc(C(F)(F)F)cc1C41CC2CCC1C2)C=CC(c1ccccc1)(c1ccc(-n2c4ccccc4c4ccccc42)cc1)O3. The van der Waals surface area contributed by atoms with Gasteiger partial charge < -0.3 is 18.8 Å². The van der Waals surface area contributed by atoms with Crippen molar-refractivity contribution in [2.45, 2.75) is 42.9 Å². The van der Waals surface area contributed by atoms with Crippen molar-refractivity contribution < 1.29 is 27.4 Å². The largest absolute Gasteiger partial charge is 0.493 e. The molecule has 4 unspecified atom stereocenters. The number of alkyl halides is 3. The first-order chi connectivity index (χ1) is 29.2. The molecule has 2 bridgehead atoms. The van der Waals surface area contributed by atoms with Gasteiger partial charge in [0, 0.05) is 44.0 Å². The Morgan fingerprint density at radius 1 is 0.683 bits per heavy atom. The van der Waals surface area contributed by atoms with Gasteiger partial charge in [0.15, 0.2) is 17.1 Å². The van der Waals surface area contributed by atoms with Gasteiger partial charge >= 0.3 is 6.18 Å². The van der Waals surface area contributed by atoms with Gasteiger partial charge in [0.05, 0.1) is 30.8 Å². The molecule has 0 N–H and O–H groups in total. The summed E-state index contributed by atoms with van der Waals surface area (Å²) < 4.78 is 65.4. The Morgan fingerprint density at radius 3 is 1.97 bits per heavy atom. The van der Waals surface area contributed by atoms with Crippen molar-refractivity contribution in [2.24, 2.45) is 11.8 Å². The Kier molecular flexibility index (Phi) is 7.40. The maximum absolute atomic E-state index is 14.5. The third kappa shape index (κ3) is 4.69. The smallest absolute Gasteiger partial charge is 0.416 e. The highest BCUT2D eigenvalue weighted by atomic mass is 19.4. The van der Waals surface area contributed by atoms with Crippen LogP contribution in [0.1, 0.15) is 59.1 Å². The highest BCUT2D eigenvalue weighted by molar-refractivity contribution is 6.11. The average Bonchev–Trinajstić information content (AvgIpc) is 4.06. The number of nitrogens with zero attached hydrogens (tertiary/aromatic N) is 1. The fourth-order valence-corrected chi connectivity index (χ4v) is 11.8. The van der Waals surface area contributed by atoms with E-state index in [9.17, 15) is 13.2 Å². The van der Waals surface area contributed by atoms with Crippen LogP contribution in [0.2, 0.25) is 0 Å². The number of para-hydroxylation sites is 2. The molecule has 8 aromatic rings. The fourth-order valence-electron chi connectivity index (χ4n) is 11.8. The van der Waals surface area contributed by atoms with E-state index in [4.69, 9.17) is 14.2 Å². The Bertz CT molecular complexity index is 3060. The minimum atomic E-state index is -4.46. The number of ether oxygens (including phenoxy) is 3. The molecule has 296 valence electrons. The average molecular weight is 796 g/mol. The molecular formula is C53H40F3NO3. The van der Waals surface area contributed by atoms with Crippen LogP contribution in [0.4, 0.5) is 13.2 Å². The molecule has 2 heterocycles. The Balaban J connectivity index is 1.11. The minimum absolute atomic E-state index is 0.218. The normalized spacial score (nSPS) is 22.4. The Labute approximate surface area is 345 Å². The predicted octanol–water partition coefficient (Wildman–Crippen LogP) is 13.4. The number of aromatic nitrogens is 1. The lowest BCUT2D eigenvalue weighted by Crippen LogP contribution is -2.36. The van der Waals surface area contributed by atoms with Gasteiger partial charge in [-0.05, 0) is 113 Å². The van der Waals surface area contributed by atoms with Crippen LogP contribution in [-0.4, -0.2) is 18.8 Å². The van der Waals surface area contributed by atoms with Crippen LogP contribution in [0.25, 0.3) is 55.5 Å². The summed E-state index contributed by atoms with van der Waals surface area (Å²) >= 11 is 0. The molecule has 7 heteroatoms. The molecule has 1 spiro atoms. The van der Waals surface area contributed by atoms with Gasteiger partial charge in [-0.25, -0.2) is 0 Å². The van der Waals surface area contributed by atoms with Crippen molar-refractivity contribution >= 4 is 38.7 Å². The fraction of sp³-hybridized carbons (Fsp3) is 0.208. The van der Waals surface area contributed by atoms with Gasteiger partial charge in [-0.2, -0.15) is 13.2 Å². The number of methoxy groups -OCH3 is 2. The second-order valence-corrected chi connectivity index (χ2v) is 17.0. The highest BCUT2D eigenvalue weighted by Crippen LogP contribution is 2.69. The molecule has 0 saturated heterocycles. The highest BCUT2D eigenvalue weighted by Gasteiger charge is 2.59. The van der Waals surface area contributed by atoms with Gasteiger partial charge in [-0.1, -0.05) is 97.4 Å². The van der Waals surface area contributed by atoms with E-state index in [0.717, 1.165) is 92.1 Å². The van der Waals surface area contributed by atoms with Gasteiger partial charge in [-0.15, -0.1) is 0 Å². The molecule has 12 rings (SSSR count). The van der Waals surface area contributed by atoms with E-state index < -0.39 is 22.8 Å². The quantitative estimate of drug-likeness (QED) is 0.174. The summed E-state index contributed by atoms with van der Waals surface area (Å²) in [4.78, 5) is 0. The summed E-state index contributed by atoms with van der Waals surface area (Å²) in [6, 6.07) is 44.3. The topological polar surface area (TPSA) is 32.6 Å². The molecule has 1 aromatic heterocycles. The zero-order chi connectivity index (χ0) is 40.5. The summed E-state index contributed by atoms with van der Waals surface area (Å²) in [7, 11) is 3.24. The maximum atomic E-state index is 14.5. The summed E-state index contributed by atoms with van der Waals surface area (Å²) in [6.07, 6.45) is 3.80. The van der Waals surface area contributed by atoms with Crippen molar-refractivity contribution in [1.29, 1.82) is 0 Å². The van der Waals surface area contributed by atoms with Crippen LogP contribution in [0.15, 0.2) is 140 Å². The first-order valence-corrected chi connectivity index (χ1v) is 20.7. The van der Waals surface area contributed by atoms with Crippen molar-refractivity contribution in [3.63, 3.8) is 0 Å². The minimum Gasteiger partial charge on any atom is -0.493 e. The Morgan fingerprint density at radius 2 is 1.33 bits per heavy atom. The van der Waals surface area contributed by atoms with E-state index in [1.807, 2.05) is 30.3 Å². The summed E-state index contributed by atoms with van der Waals surface area (Å²) in [5.41, 5.74) is 7.61. The van der Waals surface area contributed by atoms with Gasteiger partial charge in [0.2, 0.25) is 0 Å². The molecule has 4 aliphatic rings. The number of halogens is 3. The summed E-state index contributed by atoms with van der Waals surface area (Å²) in [5, 5.41) is 4.09. The third-order valence-electron chi connectivity index (χ3n) is 14.3. The number of fused-ring (bicyclic) bond motifs is 16. The van der Waals surface area contributed by atoms with Crippen molar-refractivity contribution in [1.82, 2.24) is 4.57 Å². The van der Waals surface area contributed by atoms with E-state index in [-0.39, 0.29) is 5.92 Å². The number of hydrogen-bond donors (Lipinski definition) is 0. The lowest BCUT2D eigenvalue weighted by Gasteiger charge is -2.41. The van der Waals surface area contributed by atoms with Crippen LogP contribution in [-0.2, 0) is 17.2 Å². The van der Waals surface area contributed by atoms with Crippen molar-refractivity contribution in [3.8, 4) is 34.1 Å². The summed E-state index contributed by atoms with van der Waals surface area (Å²) in [6.45, 7) is 0. The van der Waals surface area contributed by atoms with E-state index in [1.165, 1.54) is 22.9 Å². The Hall–Kier alpha value is -6.47. The zero-order valence-corrected chi connectivity index (χ0v) is 33.1. The number of hydrogen-bond acceptors (Lipinski definition) is 3. The first-order valence-electron chi connectivity index (χ1n) is 20.7. The van der Waals surface area contributed by atoms with E-state index in [2.05, 4.69) is 102 Å². The van der Waals surface area contributed by atoms with Crippen molar-refractivity contribution in [2.75, 3.05) is 14.2 Å². The zero-order valence-electron chi connectivity index (χ0n) is 33.1. The summed E-state index contributed by atoms with van der Waals surface area (Å²) in [5.74, 6) is 2.45. The number of benzene rings is 7. The predicted molar refractivity (Wildman–Crippen MR) is 231 cm³/mol. The molecule has 1 aliphatic heterocycles. The lowest BCUT2D eigenvalue weighted by molar-refractivity contribution is -0.137. The second-order valence-electron chi connectivity index (χ2n) is 17.0. The van der Waals surface area contributed by atoms with Crippen LogP contribution in [0.5, 0.6) is 17.2 Å². The molecule has 7 aromatic carbocycles. The van der Waals surface area contributed by atoms with Gasteiger partial charge in [0.1, 0.15) is 5.75 Å². The molecule has 4 atom stereocenters. The molecule has 2 fully saturated rings. The van der Waals surface area contributed by atoms with E-state index in [0.29, 0.717) is 23.2 Å². The lowest BCUT2D eigenvalue weighted by atomic mass is 9.65. The molecule has 4 nitrogen and oxygen atoms in total. The van der Waals surface area contributed by atoms with E-state index >= 15 is 0 Å². The molecule has 3 aliphatic carbocycles. The molecule has 0 radical (unpaired) electrons. The molecule has 2 saturated carbocycles. The third-order valence-corrected chi connectivity index (χ3v) is 14.3. The molecule has 60 heavy (non-hydrogen) atoms. The molecule has 0 amide bonds. The second kappa shape index (κ2) is 12.5. The van der Waals surface area contributed by atoms with Gasteiger partial charge in [0.25, 0.3) is 0 Å². The van der Waals surface area contributed by atoms with Crippen LogP contribution in [0, 0.1) is 11.8 Å². The standard InChI is InChI=1S/C53H40F3NO3/c1-58-46-28-41-42(29-47(46)59-2)50-40(49-48(41)39-23-20-35(53(54,55)56)27-43(39)51(49)30-31-16-17-34(51)26-31)24-25-52(60-50,32-10-4-3-5-11-32)33-18-21-36(22-19-33)57-44-14-8-6-12-37(44)38-13-7-9-15-45(38)57/h3-15,18-25,27-29,31,34H,16-17,26,30H2,1-2H3. The maximum Gasteiger partial charge on any atom is 0.416 e. The van der Waals surface area contributed by atoms with Crippen molar-refractivity contribution in [3.05, 3.63) is 173 Å². The van der Waals surface area contributed by atoms with Crippen LogP contribution in [0.3, 0.4) is 0 Å². The first kappa shape index (κ1) is 35.5. The monoisotopic (exact) mass is 795 g/mol.